The number of nitrogens with zero attached hydrogens (tertiary/aromatic N) is 2. The zero-order chi connectivity index (χ0) is 55.1. The van der Waals surface area contributed by atoms with Crippen LogP contribution in [0.2, 0.25) is 0 Å². The largest absolute Gasteiger partial charge is 0.488 e. The van der Waals surface area contributed by atoms with Crippen molar-refractivity contribution in [2.45, 2.75) is 0 Å². The maximum absolute atomic E-state index is 9.31. The summed E-state index contributed by atoms with van der Waals surface area (Å²) in [5.41, 5.74) is 14.7. The first kappa shape index (κ1) is 50.4. The van der Waals surface area contributed by atoms with Gasteiger partial charge in [0.25, 0.3) is 0 Å². The maximum Gasteiger partial charge on any atom is 0.488 e. The van der Waals surface area contributed by atoms with E-state index >= 15 is 0 Å². The number of halogens is 1. The van der Waals surface area contributed by atoms with Crippen LogP contribution in [0.3, 0.4) is 0 Å². The molecule has 16 aromatic rings. The molecule has 2 heterocycles. The molecule has 16 rings (SSSR count). The average molecular weight is 1120 g/mol. The quantitative estimate of drug-likeness (QED) is 0.129. The van der Waals surface area contributed by atoms with Gasteiger partial charge < -0.3 is 19.2 Å². The molecular formula is C76H52BBrN2O2. The third-order valence-corrected chi connectivity index (χ3v) is 16.6. The summed E-state index contributed by atoms with van der Waals surface area (Å²) in [5.74, 6) is 0. The van der Waals surface area contributed by atoms with Gasteiger partial charge in [-0.15, -0.1) is 0 Å². The molecule has 388 valence electrons. The van der Waals surface area contributed by atoms with E-state index in [1.165, 1.54) is 115 Å². The number of fused-ring (bicyclic) bond motifs is 12. The van der Waals surface area contributed by atoms with E-state index in [1.807, 2.05) is 18.2 Å². The Labute approximate surface area is 483 Å². The van der Waals surface area contributed by atoms with Gasteiger partial charge in [-0.1, -0.05) is 246 Å². The van der Waals surface area contributed by atoms with E-state index in [0.717, 1.165) is 21.3 Å². The minimum atomic E-state index is -1.44. The first-order chi connectivity index (χ1) is 40.4. The Balaban J connectivity index is 0.000000121. The monoisotopic (exact) mass is 1110 g/mol. The lowest BCUT2D eigenvalue weighted by atomic mass is 9.80. The standard InChI is InChI=1S/C38H25N.C24H18BNO2.C14H9Br/c1-2-11-30(12-3-1)39-37-17-9-8-16-34(37)36-24-28(22-23-38(36)39)26-18-20-27(21-19-26)35-25-29-10-4-5-13-31(29)32-14-6-7-15-33(32)35;27-25(28)19-13-10-17(11-14-19)18-12-15-24-22(16-18)21-8-4-5-9-23(21)26(24)20-6-2-1-3-7-20;15-14-9-10-5-1-2-6-11(10)12-7-3-4-8-13(12)14/h1-25H;1-16,27-28H;1-9H. The molecule has 0 fully saturated rings. The highest BCUT2D eigenvalue weighted by Gasteiger charge is 2.17. The SMILES string of the molecule is Brc1cc2ccccc2c2ccccc12.OB(O)c1ccc(-c2ccc3c(c2)c2ccccc2n3-c2ccccc2)cc1.c1ccc(-n2c3ccccc3c3cc(-c4ccc(-c5cc6ccccc6c6ccccc56)cc4)ccc32)cc1. The number of hydrogen-bond acceptors (Lipinski definition) is 2. The molecule has 0 aliphatic carbocycles. The Morgan fingerprint density at radius 1 is 0.256 bits per heavy atom. The summed E-state index contributed by atoms with van der Waals surface area (Å²) in [6.07, 6.45) is 0. The van der Waals surface area contributed by atoms with Gasteiger partial charge in [-0.3, -0.25) is 0 Å². The summed E-state index contributed by atoms with van der Waals surface area (Å²) in [6, 6.07) is 107. The molecule has 0 aliphatic rings. The molecule has 0 atom stereocenters. The van der Waals surface area contributed by atoms with Crippen LogP contribution < -0.4 is 5.46 Å². The highest BCUT2D eigenvalue weighted by molar-refractivity contribution is 9.10. The summed E-state index contributed by atoms with van der Waals surface area (Å²) in [4.78, 5) is 0. The van der Waals surface area contributed by atoms with Gasteiger partial charge in [0.05, 0.1) is 22.1 Å². The molecule has 0 aliphatic heterocycles. The van der Waals surface area contributed by atoms with Gasteiger partial charge in [0, 0.05) is 37.4 Å². The average Bonchev–Trinajstić information content (AvgIpc) is 3.91. The Kier molecular flexibility index (Phi) is 13.3. The van der Waals surface area contributed by atoms with Gasteiger partial charge in [-0.2, -0.15) is 0 Å². The molecule has 4 nitrogen and oxygen atoms in total. The minimum Gasteiger partial charge on any atom is -0.423 e. The lowest BCUT2D eigenvalue weighted by Crippen LogP contribution is -2.29. The van der Waals surface area contributed by atoms with E-state index in [0.29, 0.717) is 5.46 Å². The van der Waals surface area contributed by atoms with E-state index in [-0.39, 0.29) is 0 Å². The highest BCUT2D eigenvalue weighted by atomic mass is 79.9. The van der Waals surface area contributed by atoms with Gasteiger partial charge >= 0.3 is 7.12 Å². The zero-order valence-electron chi connectivity index (χ0n) is 44.6. The zero-order valence-corrected chi connectivity index (χ0v) is 46.2. The van der Waals surface area contributed by atoms with Crippen molar-refractivity contribution in [3.63, 3.8) is 0 Å². The summed E-state index contributed by atoms with van der Waals surface area (Å²) < 4.78 is 5.82. The molecule has 82 heavy (non-hydrogen) atoms. The molecule has 0 bridgehead atoms. The van der Waals surface area contributed by atoms with Crippen LogP contribution >= 0.6 is 15.9 Å². The van der Waals surface area contributed by atoms with Crippen LogP contribution in [-0.2, 0) is 0 Å². The fourth-order valence-electron chi connectivity index (χ4n) is 12.0. The molecule has 0 saturated heterocycles. The van der Waals surface area contributed by atoms with Crippen molar-refractivity contribution in [3.05, 3.63) is 308 Å². The molecule has 2 aromatic heterocycles. The van der Waals surface area contributed by atoms with Crippen molar-refractivity contribution in [2.75, 3.05) is 0 Å². The molecule has 0 amide bonds. The molecule has 0 unspecified atom stereocenters. The first-order valence-electron chi connectivity index (χ1n) is 27.6. The molecular weight excluding hydrogens is 1060 g/mol. The van der Waals surface area contributed by atoms with Crippen molar-refractivity contribution in [2.24, 2.45) is 0 Å². The molecule has 0 radical (unpaired) electrons. The fourth-order valence-corrected chi connectivity index (χ4v) is 12.6. The number of aromatic nitrogens is 2. The van der Waals surface area contributed by atoms with Crippen LogP contribution in [0.15, 0.2) is 308 Å². The normalized spacial score (nSPS) is 11.4. The second-order valence-corrected chi connectivity index (χ2v) is 21.6. The smallest absolute Gasteiger partial charge is 0.423 e. The van der Waals surface area contributed by atoms with Crippen molar-refractivity contribution < 1.29 is 10.0 Å². The highest BCUT2D eigenvalue weighted by Crippen LogP contribution is 2.39. The molecule has 6 heteroatoms. The van der Waals surface area contributed by atoms with Crippen LogP contribution in [0.5, 0.6) is 0 Å². The predicted molar refractivity (Wildman–Crippen MR) is 352 cm³/mol. The van der Waals surface area contributed by atoms with E-state index < -0.39 is 7.12 Å². The van der Waals surface area contributed by atoms with Gasteiger partial charge in [0.1, 0.15) is 0 Å². The Morgan fingerprint density at radius 2 is 0.610 bits per heavy atom. The minimum absolute atomic E-state index is 0.491. The molecule has 0 spiro atoms. The third-order valence-electron chi connectivity index (χ3n) is 15.9. The second-order valence-electron chi connectivity index (χ2n) is 20.7. The number of rotatable bonds is 6. The number of hydrogen-bond donors (Lipinski definition) is 2. The molecule has 2 N–H and O–H groups in total. The Morgan fingerprint density at radius 3 is 1.11 bits per heavy atom. The van der Waals surface area contributed by atoms with E-state index in [2.05, 4.69) is 298 Å². The van der Waals surface area contributed by atoms with Crippen LogP contribution in [0, 0.1) is 0 Å². The Bertz CT molecular complexity index is 5010. The van der Waals surface area contributed by atoms with Crippen LogP contribution in [0.1, 0.15) is 0 Å². The van der Waals surface area contributed by atoms with E-state index in [1.54, 1.807) is 12.1 Å². The number of benzene rings is 14. The number of para-hydroxylation sites is 4. The second kappa shape index (κ2) is 21.7. The van der Waals surface area contributed by atoms with Crippen molar-refractivity contribution in [3.8, 4) is 44.8 Å². The summed E-state index contributed by atoms with van der Waals surface area (Å²) in [7, 11) is -1.44. The van der Waals surface area contributed by atoms with Crippen molar-refractivity contribution in [1.82, 2.24) is 9.13 Å². The summed E-state index contributed by atoms with van der Waals surface area (Å²) in [5, 5.41) is 33.9. The van der Waals surface area contributed by atoms with Gasteiger partial charge in [-0.05, 0) is 155 Å². The van der Waals surface area contributed by atoms with Gasteiger partial charge in [0.15, 0.2) is 0 Å². The first-order valence-corrected chi connectivity index (χ1v) is 28.4. The van der Waals surface area contributed by atoms with Gasteiger partial charge in [0.2, 0.25) is 0 Å². The summed E-state index contributed by atoms with van der Waals surface area (Å²) >= 11 is 3.62. The topological polar surface area (TPSA) is 50.3 Å². The molecule has 0 saturated carbocycles. The maximum atomic E-state index is 9.31. The molecule has 14 aromatic carbocycles. The lowest BCUT2D eigenvalue weighted by molar-refractivity contribution is 0.426. The van der Waals surface area contributed by atoms with Crippen LogP contribution in [0.4, 0.5) is 0 Å². The van der Waals surface area contributed by atoms with Crippen LogP contribution in [0.25, 0.3) is 131 Å². The van der Waals surface area contributed by atoms with Crippen molar-refractivity contribution >= 4 is 115 Å². The Hall–Kier alpha value is -9.82. The van der Waals surface area contributed by atoms with Crippen molar-refractivity contribution in [1.29, 1.82) is 0 Å². The summed E-state index contributed by atoms with van der Waals surface area (Å²) in [6.45, 7) is 0. The lowest BCUT2D eigenvalue weighted by Gasteiger charge is -2.12. The van der Waals surface area contributed by atoms with E-state index in [4.69, 9.17) is 0 Å². The fraction of sp³-hybridized carbons (Fsp3) is 0. The predicted octanol–water partition coefficient (Wildman–Crippen LogP) is 19.3. The van der Waals surface area contributed by atoms with E-state index in [9.17, 15) is 10.0 Å². The van der Waals surface area contributed by atoms with Gasteiger partial charge in [-0.25, -0.2) is 0 Å². The third kappa shape index (κ3) is 9.29. The van der Waals surface area contributed by atoms with Crippen LogP contribution in [-0.4, -0.2) is 26.3 Å².